The number of thiophene rings is 1. The van der Waals surface area contributed by atoms with Gasteiger partial charge in [-0.05, 0) is 55.5 Å². The Morgan fingerprint density at radius 3 is 2.79 bits per heavy atom. The van der Waals surface area contributed by atoms with Gasteiger partial charge >= 0.3 is 0 Å². The number of ether oxygens (including phenoxy) is 1. The van der Waals surface area contributed by atoms with Crippen molar-refractivity contribution in [3.05, 3.63) is 55.9 Å². The van der Waals surface area contributed by atoms with Gasteiger partial charge in [-0.15, -0.1) is 11.3 Å². The van der Waals surface area contributed by atoms with Crippen molar-refractivity contribution in [1.29, 1.82) is 0 Å². The maximum Gasteiger partial charge on any atom is 0.281 e. The normalized spacial score (nSPS) is 13.9. The van der Waals surface area contributed by atoms with Crippen LogP contribution < -0.4 is 16.1 Å². The molecule has 5 nitrogen and oxygen atoms in total. The monoisotopic (exact) mass is 361 g/mol. The Hall–Kier alpha value is -2.05. The first-order chi connectivity index (χ1) is 11.6. The summed E-state index contributed by atoms with van der Waals surface area (Å²) in [7, 11) is 0. The smallest absolute Gasteiger partial charge is 0.281 e. The van der Waals surface area contributed by atoms with Gasteiger partial charge in [0.05, 0.1) is 5.39 Å². The molecule has 7 heteroatoms. The molecule has 0 unspecified atom stereocenters. The van der Waals surface area contributed by atoms with Crippen LogP contribution in [0.2, 0.25) is 5.02 Å². The molecular weight excluding hydrogens is 346 g/mol. The number of aryl methyl sites for hydroxylation is 2. The minimum absolute atomic E-state index is 0.131. The van der Waals surface area contributed by atoms with Gasteiger partial charge in [-0.3, -0.25) is 4.79 Å². The second-order valence-electron chi connectivity index (χ2n) is 5.84. The highest BCUT2D eigenvalue weighted by atomic mass is 35.5. The predicted molar refractivity (Wildman–Crippen MR) is 96.5 cm³/mol. The lowest BCUT2D eigenvalue weighted by atomic mass is 9.97. The van der Waals surface area contributed by atoms with E-state index in [4.69, 9.17) is 22.2 Å². The lowest BCUT2D eigenvalue weighted by Gasteiger charge is -2.11. The zero-order valence-corrected chi connectivity index (χ0v) is 14.5. The molecule has 3 aromatic rings. The van der Waals surface area contributed by atoms with Crippen molar-refractivity contribution in [2.45, 2.75) is 32.3 Å². The second-order valence-corrected chi connectivity index (χ2v) is 7.36. The summed E-state index contributed by atoms with van der Waals surface area (Å²) in [6.45, 7) is 0.131. The van der Waals surface area contributed by atoms with Gasteiger partial charge in [-0.2, -0.15) is 0 Å². The number of hydrogen-bond donors (Lipinski definition) is 1. The number of benzene rings is 1. The predicted octanol–water partition coefficient (Wildman–Crippen LogP) is 3.28. The van der Waals surface area contributed by atoms with Crippen LogP contribution in [0, 0.1) is 0 Å². The largest absolute Gasteiger partial charge is 0.486 e. The van der Waals surface area contributed by atoms with Crippen molar-refractivity contribution in [2.75, 3.05) is 5.84 Å². The highest BCUT2D eigenvalue weighted by Gasteiger charge is 2.21. The van der Waals surface area contributed by atoms with Gasteiger partial charge in [-0.25, -0.2) is 9.66 Å². The molecule has 0 atom stereocenters. The first-order valence-corrected chi connectivity index (χ1v) is 9.02. The van der Waals surface area contributed by atoms with Crippen LogP contribution in [0.1, 0.15) is 29.1 Å². The second kappa shape index (κ2) is 6.11. The van der Waals surface area contributed by atoms with Crippen LogP contribution in [0.4, 0.5) is 0 Å². The summed E-state index contributed by atoms with van der Waals surface area (Å²) in [5.41, 5.74) is 0.956. The number of fused-ring (bicyclic) bond motifs is 3. The fourth-order valence-electron chi connectivity index (χ4n) is 3.04. The fourth-order valence-corrected chi connectivity index (χ4v) is 4.44. The third-order valence-electron chi connectivity index (χ3n) is 4.28. The van der Waals surface area contributed by atoms with Crippen LogP contribution in [0.25, 0.3) is 10.2 Å². The van der Waals surface area contributed by atoms with Crippen LogP contribution >= 0.6 is 22.9 Å². The molecule has 124 valence electrons. The van der Waals surface area contributed by atoms with E-state index in [2.05, 4.69) is 4.98 Å². The van der Waals surface area contributed by atoms with E-state index >= 15 is 0 Å². The Bertz CT molecular complexity index is 963. The minimum atomic E-state index is -0.186. The summed E-state index contributed by atoms with van der Waals surface area (Å²) in [6, 6.07) is 7.03. The summed E-state index contributed by atoms with van der Waals surface area (Å²) >= 11 is 7.47. The molecule has 1 aliphatic rings. The zero-order valence-electron chi connectivity index (χ0n) is 12.9. The third kappa shape index (κ3) is 2.65. The molecule has 0 fully saturated rings. The highest BCUT2D eigenvalue weighted by Crippen LogP contribution is 2.33. The Morgan fingerprint density at radius 2 is 2.00 bits per heavy atom. The SMILES string of the molecule is Nn1c(COc2ccc(Cl)cc2)nc2sc3c(c2c1=O)CCCC3. The van der Waals surface area contributed by atoms with E-state index < -0.39 is 0 Å². The number of aromatic nitrogens is 2. The van der Waals surface area contributed by atoms with E-state index in [1.807, 2.05) is 0 Å². The molecule has 1 aromatic carbocycles. The van der Waals surface area contributed by atoms with E-state index in [1.54, 1.807) is 35.6 Å². The van der Waals surface area contributed by atoms with Crippen LogP contribution in [0.15, 0.2) is 29.1 Å². The van der Waals surface area contributed by atoms with Crippen molar-refractivity contribution in [3.63, 3.8) is 0 Å². The molecule has 4 rings (SSSR count). The first-order valence-electron chi connectivity index (χ1n) is 7.83. The van der Waals surface area contributed by atoms with E-state index in [-0.39, 0.29) is 12.2 Å². The maximum absolute atomic E-state index is 12.7. The van der Waals surface area contributed by atoms with Crippen molar-refractivity contribution >= 4 is 33.2 Å². The molecule has 0 bridgehead atoms. The standard InChI is InChI=1S/C17H16ClN3O2S/c18-10-5-7-11(8-6-10)23-9-14-20-16-15(17(22)21(14)19)12-3-1-2-4-13(12)24-16/h5-8H,1-4,9,19H2. The van der Waals surface area contributed by atoms with Gasteiger partial charge in [0.15, 0.2) is 5.82 Å². The van der Waals surface area contributed by atoms with Crippen LogP contribution in [-0.4, -0.2) is 9.66 Å². The maximum atomic E-state index is 12.7. The van der Waals surface area contributed by atoms with E-state index in [1.165, 1.54) is 11.3 Å². The molecule has 0 spiro atoms. The van der Waals surface area contributed by atoms with E-state index in [9.17, 15) is 4.79 Å². The van der Waals surface area contributed by atoms with Crippen molar-refractivity contribution in [2.24, 2.45) is 0 Å². The Kier molecular flexibility index (Phi) is 3.94. The molecule has 0 saturated carbocycles. The average Bonchev–Trinajstić information content (AvgIpc) is 2.96. The average molecular weight is 362 g/mol. The lowest BCUT2D eigenvalue weighted by molar-refractivity contribution is 0.291. The number of rotatable bonds is 3. The van der Waals surface area contributed by atoms with Crippen LogP contribution in [-0.2, 0) is 19.4 Å². The number of nitrogen functional groups attached to an aromatic ring is 1. The minimum Gasteiger partial charge on any atom is -0.486 e. The van der Waals surface area contributed by atoms with Gasteiger partial charge in [0, 0.05) is 9.90 Å². The van der Waals surface area contributed by atoms with Gasteiger partial charge in [-0.1, -0.05) is 11.6 Å². The molecule has 24 heavy (non-hydrogen) atoms. The fraction of sp³-hybridized carbons (Fsp3) is 0.294. The summed E-state index contributed by atoms with van der Waals surface area (Å²) in [5, 5.41) is 1.33. The molecule has 2 N–H and O–H groups in total. The zero-order chi connectivity index (χ0) is 16.7. The molecule has 0 saturated heterocycles. The lowest BCUT2D eigenvalue weighted by Crippen LogP contribution is -2.32. The van der Waals surface area contributed by atoms with Crippen molar-refractivity contribution in [3.8, 4) is 5.75 Å². The Morgan fingerprint density at radius 1 is 1.25 bits per heavy atom. The van der Waals surface area contributed by atoms with Crippen molar-refractivity contribution in [1.82, 2.24) is 9.66 Å². The molecule has 1 aliphatic carbocycles. The number of halogens is 1. The van der Waals surface area contributed by atoms with Gasteiger partial charge in [0.2, 0.25) is 0 Å². The van der Waals surface area contributed by atoms with Gasteiger partial charge in [0.1, 0.15) is 17.2 Å². The quantitative estimate of drug-likeness (QED) is 0.727. The molecule has 2 heterocycles. The first kappa shape index (κ1) is 15.5. The molecule has 0 radical (unpaired) electrons. The topological polar surface area (TPSA) is 70.1 Å². The third-order valence-corrected chi connectivity index (χ3v) is 5.71. The van der Waals surface area contributed by atoms with Crippen LogP contribution in [0.5, 0.6) is 5.75 Å². The van der Waals surface area contributed by atoms with Crippen molar-refractivity contribution < 1.29 is 4.74 Å². The molecule has 0 aliphatic heterocycles. The Labute approximate surface area is 147 Å². The summed E-state index contributed by atoms with van der Waals surface area (Å²) in [6.07, 6.45) is 4.25. The van der Waals surface area contributed by atoms with Crippen LogP contribution in [0.3, 0.4) is 0 Å². The highest BCUT2D eigenvalue weighted by molar-refractivity contribution is 7.18. The number of nitrogens with zero attached hydrogens (tertiary/aromatic N) is 2. The summed E-state index contributed by atoms with van der Waals surface area (Å²) < 4.78 is 6.79. The number of hydrogen-bond acceptors (Lipinski definition) is 5. The molecular formula is C17H16ClN3O2S. The van der Waals surface area contributed by atoms with E-state index in [0.29, 0.717) is 22.0 Å². The van der Waals surface area contributed by atoms with Gasteiger partial charge in [0.25, 0.3) is 5.56 Å². The molecule has 2 aromatic heterocycles. The van der Waals surface area contributed by atoms with E-state index in [0.717, 1.165) is 34.3 Å². The number of nitrogens with two attached hydrogens (primary N) is 1. The summed E-state index contributed by atoms with van der Waals surface area (Å²) in [4.78, 5) is 19.3. The Balaban J connectivity index is 1.70. The summed E-state index contributed by atoms with van der Waals surface area (Å²) in [5.74, 6) is 7.04. The van der Waals surface area contributed by atoms with Gasteiger partial charge < -0.3 is 10.6 Å². The molecule has 0 amide bonds.